The molecule has 1 heterocycles. The maximum Gasteiger partial charge on any atom is 0.186 e. The maximum absolute atomic E-state index is 12.0. The fourth-order valence-electron chi connectivity index (χ4n) is 12.1. The summed E-state index contributed by atoms with van der Waals surface area (Å²) in [6.45, 7) is 17.6. The Hall–Kier alpha value is -0.580. The highest BCUT2D eigenvalue weighted by Gasteiger charge is 2.71. The van der Waals surface area contributed by atoms with E-state index in [0.717, 1.165) is 64.2 Å². The summed E-state index contributed by atoms with van der Waals surface area (Å²) in [7, 11) is 0. The Morgan fingerprint density at radius 3 is 2.20 bits per heavy atom. The van der Waals surface area contributed by atoms with E-state index < -0.39 is 49.0 Å². The summed E-state index contributed by atoms with van der Waals surface area (Å²) in [4.78, 5) is 0. The van der Waals surface area contributed by atoms with Crippen molar-refractivity contribution in [1.29, 1.82) is 0 Å². The van der Waals surface area contributed by atoms with Crippen molar-refractivity contribution in [2.75, 3.05) is 6.61 Å². The van der Waals surface area contributed by atoms with Gasteiger partial charge in [-0.3, -0.25) is 0 Å². The fraction of sp³-hybridized carbons (Fsp3) is 0.946. The van der Waals surface area contributed by atoms with E-state index in [1.54, 1.807) is 0 Å². The van der Waals surface area contributed by atoms with Crippen LogP contribution in [0.1, 0.15) is 120 Å². The van der Waals surface area contributed by atoms with Gasteiger partial charge in [0.1, 0.15) is 24.4 Å². The number of aliphatic hydroxyl groups excluding tert-OH is 5. The molecule has 4 aliphatic carbocycles. The van der Waals surface area contributed by atoms with Gasteiger partial charge in [0.25, 0.3) is 0 Å². The van der Waals surface area contributed by atoms with Crippen LogP contribution < -0.4 is 0 Å². The van der Waals surface area contributed by atoms with Crippen molar-refractivity contribution in [2.45, 2.75) is 168 Å². The van der Waals surface area contributed by atoms with Gasteiger partial charge in [-0.1, -0.05) is 46.3 Å². The van der Waals surface area contributed by atoms with Gasteiger partial charge < -0.3 is 40.1 Å². The zero-order valence-corrected chi connectivity index (χ0v) is 29.2. The summed E-state index contributed by atoms with van der Waals surface area (Å²) in [5, 5.41) is 64.9. The van der Waals surface area contributed by atoms with E-state index in [2.05, 4.69) is 54.5 Å². The van der Waals surface area contributed by atoms with Gasteiger partial charge in [-0.25, -0.2) is 0 Å². The van der Waals surface area contributed by atoms with Crippen molar-refractivity contribution in [3.05, 3.63) is 11.6 Å². The molecule has 0 spiro atoms. The van der Waals surface area contributed by atoms with Crippen LogP contribution in [-0.2, 0) is 9.47 Å². The summed E-state index contributed by atoms with van der Waals surface area (Å²) in [6.07, 6.45) is 4.34. The average Bonchev–Trinajstić information content (AvgIpc) is 3.35. The van der Waals surface area contributed by atoms with Crippen LogP contribution in [-0.4, -0.2) is 85.8 Å². The van der Waals surface area contributed by atoms with E-state index in [4.69, 9.17) is 9.47 Å². The summed E-state index contributed by atoms with van der Waals surface area (Å²) < 4.78 is 12.2. The number of fused-ring (bicyclic) bond motifs is 5. The molecule has 5 aliphatic rings. The summed E-state index contributed by atoms with van der Waals surface area (Å²) >= 11 is 0. The van der Waals surface area contributed by atoms with Crippen LogP contribution in [0.15, 0.2) is 11.6 Å². The first-order valence-electron chi connectivity index (χ1n) is 17.8. The molecule has 8 heteroatoms. The Morgan fingerprint density at radius 1 is 0.889 bits per heavy atom. The summed E-state index contributed by atoms with van der Waals surface area (Å²) in [5.41, 5.74) is 0.188. The molecule has 45 heavy (non-hydrogen) atoms. The first kappa shape index (κ1) is 35.7. The van der Waals surface area contributed by atoms with E-state index in [1.807, 2.05) is 6.92 Å². The van der Waals surface area contributed by atoms with Gasteiger partial charge in [0.15, 0.2) is 6.29 Å². The molecule has 1 saturated heterocycles. The highest BCUT2D eigenvalue weighted by atomic mass is 16.7. The van der Waals surface area contributed by atoms with E-state index >= 15 is 0 Å². The molecule has 0 radical (unpaired) electrons. The zero-order valence-electron chi connectivity index (χ0n) is 29.2. The Bertz CT molecular complexity index is 1080. The molecule has 5 rings (SSSR count). The fourth-order valence-corrected chi connectivity index (χ4v) is 12.1. The lowest BCUT2D eigenvalue weighted by Gasteiger charge is -2.70. The molecular weight excluding hydrogens is 572 g/mol. The van der Waals surface area contributed by atoms with Crippen molar-refractivity contribution >= 4 is 0 Å². The largest absolute Gasteiger partial charge is 0.394 e. The molecule has 5 fully saturated rings. The Balaban J connectivity index is 1.35. The predicted octanol–water partition coefficient (Wildman–Crippen LogP) is 4.71. The van der Waals surface area contributed by atoms with E-state index in [0.29, 0.717) is 11.8 Å². The van der Waals surface area contributed by atoms with Crippen LogP contribution in [0, 0.1) is 45.3 Å². The minimum Gasteiger partial charge on any atom is -0.394 e. The quantitative estimate of drug-likeness (QED) is 0.128. The molecule has 1 aliphatic heterocycles. The maximum atomic E-state index is 12.0. The third kappa shape index (κ3) is 5.69. The van der Waals surface area contributed by atoms with Crippen molar-refractivity contribution < 1.29 is 40.1 Å². The van der Waals surface area contributed by atoms with Gasteiger partial charge in [-0.2, -0.15) is 0 Å². The minimum absolute atomic E-state index is 0.0222. The summed E-state index contributed by atoms with van der Waals surface area (Å²) in [5.74, 6) is 0.811. The molecule has 15 atom stereocenters. The number of hydrogen-bond acceptors (Lipinski definition) is 8. The Kier molecular flexibility index (Phi) is 9.83. The Labute approximate surface area is 271 Å². The third-order valence-electron chi connectivity index (χ3n) is 14.7. The monoisotopic (exact) mass is 636 g/mol. The first-order chi connectivity index (χ1) is 20.8. The number of unbranched alkanes of at least 4 members (excludes halogenated alkanes) is 1. The van der Waals surface area contributed by atoms with E-state index in [9.17, 15) is 30.6 Å². The van der Waals surface area contributed by atoms with Gasteiger partial charge in [0.05, 0.1) is 24.4 Å². The van der Waals surface area contributed by atoms with Gasteiger partial charge >= 0.3 is 0 Å². The van der Waals surface area contributed by atoms with Gasteiger partial charge in [0.2, 0.25) is 0 Å². The van der Waals surface area contributed by atoms with Crippen LogP contribution in [0.25, 0.3) is 0 Å². The molecule has 0 aromatic heterocycles. The molecule has 6 N–H and O–H groups in total. The van der Waals surface area contributed by atoms with Gasteiger partial charge in [0, 0.05) is 0 Å². The van der Waals surface area contributed by atoms with Crippen LogP contribution in [0.2, 0.25) is 0 Å². The lowest BCUT2D eigenvalue weighted by atomic mass is 9.35. The molecular formula is C37H64O8. The SMILES string of the molecule is CC(C)=CCCCC(C)(O)C1CCC2(C)C1C(O)CC1C3(C)CCC(OC4OC(CO)C(O)C(O)C4O)C(C)(C)C3CCC12C. The van der Waals surface area contributed by atoms with Gasteiger partial charge in [-0.15, -0.1) is 0 Å². The molecule has 0 bridgehead atoms. The molecule has 0 aromatic rings. The third-order valence-corrected chi connectivity index (χ3v) is 14.7. The van der Waals surface area contributed by atoms with Crippen LogP contribution in [0.5, 0.6) is 0 Å². The molecule has 0 amide bonds. The normalized spacial score (nSPS) is 50.6. The lowest BCUT2D eigenvalue weighted by molar-refractivity contribution is -0.332. The molecule has 260 valence electrons. The molecule has 0 aromatic carbocycles. The Morgan fingerprint density at radius 2 is 1.56 bits per heavy atom. The number of allylic oxidation sites excluding steroid dienone is 2. The number of aliphatic hydroxyl groups is 6. The van der Waals surface area contributed by atoms with Crippen molar-refractivity contribution in [3.63, 3.8) is 0 Å². The predicted molar refractivity (Wildman–Crippen MR) is 173 cm³/mol. The van der Waals surface area contributed by atoms with Crippen molar-refractivity contribution in [1.82, 2.24) is 0 Å². The highest BCUT2D eigenvalue weighted by molar-refractivity contribution is 5.20. The topological polar surface area (TPSA) is 140 Å². The van der Waals surface area contributed by atoms with Crippen LogP contribution >= 0.6 is 0 Å². The zero-order chi connectivity index (χ0) is 33.3. The second-order valence-corrected chi connectivity index (χ2v) is 17.7. The smallest absolute Gasteiger partial charge is 0.186 e. The average molecular weight is 637 g/mol. The van der Waals surface area contributed by atoms with Crippen molar-refractivity contribution in [3.8, 4) is 0 Å². The van der Waals surface area contributed by atoms with Crippen LogP contribution in [0.4, 0.5) is 0 Å². The van der Waals surface area contributed by atoms with E-state index in [1.165, 1.54) is 5.57 Å². The minimum atomic E-state index is -1.46. The second-order valence-electron chi connectivity index (χ2n) is 17.7. The van der Waals surface area contributed by atoms with Gasteiger partial charge in [-0.05, 0) is 130 Å². The highest BCUT2D eigenvalue weighted by Crippen LogP contribution is 2.76. The number of hydrogen-bond donors (Lipinski definition) is 6. The second kappa shape index (κ2) is 12.4. The van der Waals surface area contributed by atoms with Crippen molar-refractivity contribution in [2.24, 2.45) is 45.3 Å². The van der Waals surface area contributed by atoms with Crippen LogP contribution in [0.3, 0.4) is 0 Å². The summed E-state index contributed by atoms with van der Waals surface area (Å²) in [6, 6.07) is 0. The first-order valence-corrected chi connectivity index (χ1v) is 17.8. The number of rotatable bonds is 8. The van der Waals surface area contributed by atoms with E-state index in [-0.39, 0.29) is 39.6 Å². The lowest BCUT2D eigenvalue weighted by Crippen LogP contribution is -2.67. The number of ether oxygens (including phenoxy) is 2. The molecule has 8 nitrogen and oxygen atoms in total. The molecule has 15 unspecified atom stereocenters. The standard InChI is InChI=1S/C37H64O8/c1-21(2)11-9-10-15-37(8,43)22-12-17-36(7)28(22)23(39)19-26-34(5)16-14-27(33(3,4)25(34)13-18-35(26,36)6)45-32-31(42)30(41)29(40)24(20-38)44-32/h11,22-32,38-43H,9-10,12-20H2,1-8H3. The molecule has 4 saturated carbocycles.